The molecule has 0 saturated heterocycles. The first-order valence-corrected chi connectivity index (χ1v) is 5.60. The van der Waals surface area contributed by atoms with Crippen molar-refractivity contribution >= 4 is 12.0 Å². The summed E-state index contributed by atoms with van der Waals surface area (Å²) in [6, 6.07) is -1.25. The fraction of sp³-hybridized carbons (Fsp3) is 0.600. The summed E-state index contributed by atoms with van der Waals surface area (Å²) in [5.74, 6) is -0.272. The largest absolute Gasteiger partial charge is 0.480 e. The van der Waals surface area contributed by atoms with Crippen LogP contribution in [0, 0.1) is 0 Å². The normalized spacial score (nSPS) is 11.9. The van der Waals surface area contributed by atoms with Crippen LogP contribution in [-0.2, 0) is 11.2 Å². The smallest absolute Gasteiger partial charge is 0.326 e. The van der Waals surface area contributed by atoms with Crippen LogP contribution in [0.1, 0.15) is 19.2 Å². The van der Waals surface area contributed by atoms with Gasteiger partial charge in [0.15, 0.2) is 0 Å². The van der Waals surface area contributed by atoms with Gasteiger partial charge in [0.2, 0.25) is 0 Å². The Morgan fingerprint density at radius 3 is 2.89 bits per heavy atom. The zero-order chi connectivity index (χ0) is 13.5. The van der Waals surface area contributed by atoms with Gasteiger partial charge in [0.25, 0.3) is 0 Å². The first kappa shape index (κ1) is 13.9. The van der Waals surface area contributed by atoms with Crippen molar-refractivity contribution in [2.75, 3.05) is 13.6 Å². The van der Waals surface area contributed by atoms with Crippen molar-refractivity contribution in [3.05, 3.63) is 12.2 Å². The number of aromatic amines is 1. The molecule has 1 aromatic rings. The van der Waals surface area contributed by atoms with E-state index in [0.29, 0.717) is 19.4 Å². The molecule has 1 atom stereocenters. The Hall–Kier alpha value is -2.12. The van der Waals surface area contributed by atoms with Crippen molar-refractivity contribution in [2.45, 2.75) is 25.8 Å². The maximum Gasteiger partial charge on any atom is 0.326 e. The molecule has 100 valence electrons. The van der Waals surface area contributed by atoms with E-state index in [1.165, 1.54) is 20.3 Å². The van der Waals surface area contributed by atoms with E-state index in [-0.39, 0.29) is 0 Å². The van der Waals surface area contributed by atoms with Gasteiger partial charge in [0, 0.05) is 20.0 Å². The number of aromatic nitrogens is 3. The van der Waals surface area contributed by atoms with Crippen molar-refractivity contribution in [3.63, 3.8) is 0 Å². The third-order valence-corrected chi connectivity index (χ3v) is 2.59. The van der Waals surface area contributed by atoms with E-state index in [2.05, 4.69) is 20.5 Å². The molecule has 0 bridgehead atoms. The highest BCUT2D eigenvalue weighted by Crippen LogP contribution is 1.97. The molecule has 8 nitrogen and oxygen atoms in total. The maximum absolute atomic E-state index is 11.6. The Morgan fingerprint density at radius 1 is 1.61 bits per heavy atom. The van der Waals surface area contributed by atoms with Gasteiger partial charge in [-0.15, -0.1) is 0 Å². The average molecular weight is 255 g/mol. The molecule has 0 aliphatic rings. The van der Waals surface area contributed by atoms with Gasteiger partial charge in [-0.05, 0) is 13.3 Å². The summed E-state index contributed by atoms with van der Waals surface area (Å²) in [7, 11) is 1.45. The third-order valence-electron chi connectivity index (χ3n) is 2.59. The van der Waals surface area contributed by atoms with Crippen LogP contribution in [0.15, 0.2) is 6.33 Å². The molecule has 18 heavy (non-hydrogen) atoms. The molecule has 0 aliphatic heterocycles. The number of aliphatic carboxylic acids is 1. The Kier molecular flexibility index (Phi) is 5.09. The van der Waals surface area contributed by atoms with E-state index < -0.39 is 18.0 Å². The molecule has 0 radical (unpaired) electrons. The number of urea groups is 1. The van der Waals surface area contributed by atoms with Crippen LogP contribution in [0.2, 0.25) is 0 Å². The molecule has 0 saturated carbocycles. The molecule has 1 rings (SSSR count). The number of likely N-dealkylation sites (N-methyl/N-ethyl adjacent to an activating group) is 1. The van der Waals surface area contributed by atoms with Gasteiger partial charge in [-0.2, -0.15) is 5.10 Å². The Labute approximate surface area is 104 Å². The van der Waals surface area contributed by atoms with E-state index in [1.807, 2.05) is 0 Å². The number of nitrogens with zero attached hydrogens (tertiary/aromatic N) is 3. The maximum atomic E-state index is 11.6. The summed E-state index contributed by atoms with van der Waals surface area (Å²) in [4.78, 5) is 27.4. The molecule has 0 fully saturated rings. The number of aryl methyl sites for hydroxylation is 1. The number of hydrogen-bond acceptors (Lipinski definition) is 4. The molecule has 2 amide bonds. The molecule has 0 aliphatic carbocycles. The fourth-order valence-electron chi connectivity index (χ4n) is 1.27. The number of H-pyrrole nitrogens is 1. The second-order valence-corrected chi connectivity index (χ2v) is 3.89. The predicted octanol–water partition coefficient (Wildman–Crippen LogP) is -0.148. The van der Waals surface area contributed by atoms with Crippen molar-refractivity contribution in [3.8, 4) is 0 Å². The summed E-state index contributed by atoms with van der Waals surface area (Å²) >= 11 is 0. The minimum absolute atomic E-state index is 0.400. The summed E-state index contributed by atoms with van der Waals surface area (Å²) in [6.45, 7) is 1.91. The van der Waals surface area contributed by atoms with Gasteiger partial charge in [-0.1, -0.05) is 0 Å². The van der Waals surface area contributed by atoms with Crippen LogP contribution in [0.5, 0.6) is 0 Å². The van der Waals surface area contributed by atoms with Gasteiger partial charge < -0.3 is 15.3 Å². The average Bonchev–Trinajstić information content (AvgIpc) is 2.85. The Morgan fingerprint density at radius 2 is 2.33 bits per heavy atom. The number of rotatable bonds is 6. The summed E-state index contributed by atoms with van der Waals surface area (Å²) in [5, 5.41) is 17.8. The first-order chi connectivity index (χ1) is 8.52. The number of carbonyl (C=O) groups excluding carboxylic acids is 1. The third kappa shape index (κ3) is 4.04. The van der Waals surface area contributed by atoms with Crippen molar-refractivity contribution in [1.29, 1.82) is 0 Å². The molecule has 1 heterocycles. The van der Waals surface area contributed by atoms with Crippen molar-refractivity contribution < 1.29 is 14.7 Å². The van der Waals surface area contributed by atoms with Gasteiger partial charge in [-0.25, -0.2) is 14.6 Å². The Bertz CT molecular complexity index is 392. The van der Waals surface area contributed by atoms with Gasteiger partial charge in [-0.3, -0.25) is 5.10 Å². The van der Waals surface area contributed by atoms with Gasteiger partial charge >= 0.3 is 12.0 Å². The lowest BCUT2D eigenvalue weighted by Crippen LogP contribution is -2.46. The molecule has 8 heteroatoms. The molecule has 1 unspecified atom stereocenters. The molecule has 1 aromatic heterocycles. The fourth-order valence-corrected chi connectivity index (χ4v) is 1.27. The van der Waals surface area contributed by atoms with Crippen LogP contribution in [0.4, 0.5) is 4.79 Å². The van der Waals surface area contributed by atoms with E-state index in [4.69, 9.17) is 5.11 Å². The highest BCUT2D eigenvalue weighted by molar-refractivity contribution is 5.82. The molecular formula is C10H17N5O3. The van der Waals surface area contributed by atoms with Crippen LogP contribution >= 0.6 is 0 Å². The van der Waals surface area contributed by atoms with E-state index in [1.54, 1.807) is 0 Å². The highest BCUT2D eigenvalue weighted by atomic mass is 16.4. The second-order valence-electron chi connectivity index (χ2n) is 3.89. The summed E-state index contributed by atoms with van der Waals surface area (Å²) in [6.07, 6.45) is 2.81. The van der Waals surface area contributed by atoms with E-state index in [0.717, 1.165) is 10.7 Å². The molecule has 0 aromatic carbocycles. The topological polar surface area (TPSA) is 111 Å². The lowest BCUT2D eigenvalue weighted by Gasteiger charge is -2.21. The SMILES string of the molecule is CC(C(=O)O)N(C)C(=O)NCCCc1ncn[nH]1. The predicted molar refractivity (Wildman–Crippen MR) is 63.0 cm³/mol. The minimum atomic E-state index is -1.03. The minimum Gasteiger partial charge on any atom is -0.480 e. The Balaban J connectivity index is 2.22. The number of carbonyl (C=O) groups is 2. The van der Waals surface area contributed by atoms with Crippen LogP contribution in [0.25, 0.3) is 0 Å². The lowest BCUT2D eigenvalue weighted by atomic mass is 10.3. The lowest BCUT2D eigenvalue weighted by molar-refractivity contribution is -0.141. The first-order valence-electron chi connectivity index (χ1n) is 5.60. The van der Waals surface area contributed by atoms with Gasteiger partial charge in [0.05, 0.1) is 0 Å². The highest BCUT2D eigenvalue weighted by Gasteiger charge is 2.20. The number of nitrogens with one attached hydrogen (secondary N) is 2. The van der Waals surface area contributed by atoms with Gasteiger partial charge in [0.1, 0.15) is 18.2 Å². The molecule has 3 N–H and O–H groups in total. The van der Waals surface area contributed by atoms with Crippen molar-refractivity contribution in [1.82, 2.24) is 25.4 Å². The number of amides is 2. The van der Waals surface area contributed by atoms with Crippen molar-refractivity contribution in [2.24, 2.45) is 0 Å². The number of hydrogen-bond donors (Lipinski definition) is 3. The number of carboxylic acids is 1. The molecule has 0 spiro atoms. The molecular weight excluding hydrogens is 238 g/mol. The zero-order valence-corrected chi connectivity index (χ0v) is 10.4. The van der Waals surface area contributed by atoms with Crippen LogP contribution in [0.3, 0.4) is 0 Å². The van der Waals surface area contributed by atoms with Crippen LogP contribution in [-0.4, -0.2) is 56.8 Å². The van der Waals surface area contributed by atoms with E-state index >= 15 is 0 Å². The quantitative estimate of drug-likeness (QED) is 0.612. The van der Waals surface area contributed by atoms with E-state index in [9.17, 15) is 9.59 Å². The second kappa shape index (κ2) is 6.58. The van der Waals surface area contributed by atoms with Crippen LogP contribution < -0.4 is 5.32 Å². The summed E-state index contributed by atoms with van der Waals surface area (Å²) in [5.41, 5.74) is 0. The standard InChI is InChI=1S/C10H17N5O3/c1-7(9(16)17)15(2)10(18)11-5-3-4-8-12-6-13-14-8/h6-7H,3-5H2,1-2H3,(H,11,18)(H,16,17)(H,12,13,14). The monoisotopic (exact) mass is 255 g/mol. The zero-order valence-electron chi connectivity index (χ0n) is 10.4. The summed E-state index contributed by atoms with van der Waals surface area (Å²) < 4.78 is 0. The number of carboxylic acid groups (broad SMARTS) is 1.